The van der Waals surface area contributed by atoms with E-state index >= 15 is 0 Å². The number of benzene rings is 1. The number of halogens is 1. The van der Waals surface area contributed by atoms with Gasteiger partial charge in [0.15, 0.2) is 5.78 Å². The number of esters is 1. The van der Waals surface area contributed by atoms with Gasteiger partial charge >= 0.3 is 5.97 Å². The van der Waals surface area contributed by atoms with E-state index in [-0.39, 0.29) is 23.6 Å². The Morgan fingerprint density at radius 3 is 2.88 bits per heavy atom. The molecule has 3 atom stereocenters. The maximum Gasteiger partial charge on any atom is 0.309 e. The molecule has 0 spiro atoms. The minimum atomic E-state index is -0.535. The van der Waals surface area contributed by atoms with Crippen LogP contribution in [0.15, 0.2) is 18.2 Å². The summed E-state index contributed by atoms with van der Waals surface area (Å²) in [5.74, 6) is 0.811. The molecular weight excluding hydrogens is 372 g/mol. The Balaban J connectivity index is 2.05. The maximum atomic E-state index is 12.5. The number of ether oxygens (including phenoxy) is 2. The third-order valence-corrected chi connectivity index (χ3v) is 6.15. The zero-order valence-electron chi connectivity index (χ0n) is 14.1. The largest absolute Gasteiger partial charge is 0.493 e. The van der Waals surface area contributed by atoms with E-state index in [9.17, 15) is 9.59 Å². The first-order valence-corrected chi connectivity index (χ1v) is 9.58. The van der Waals surface area contributed by atoms with Gasteiger partial charge in [0.2, 0.25) is 0 Å². The van der Waals surface area contributed by atoms with Gasteiger partial charge in [-0.2, -0.15) is 0 Å². The van der Waals surface area contributed by atoms with Crippen LogP contribution in [0, 0.1) is 5.92 Å². The van der Waals surface area contributed by atoms with Gasteiger partial charge in [0.25, 0.3) is 0 Å². The second kappa shape index (κ2) is 6.87. The van der Waals surface area contributed by atoms with Crippen LogP contribution < -0.4 is 4.74 Å². The zero-order valence-corrected chi connectivity index (χ0v) is 15.7. The predicted molar refractivity (Wildman–Crippen MR) is 94.8 cm³/mol. The molecule has 1 heterocycles. The molecule has 2 aliphatic rings. The fourth-order valence-corrected chi connectivity index (χ4v) is 4.76. The number of para-hydroxylation sites is 1. The number of carbonyl (C=O) groups is 2. The van der Waals surface area contributed by atoms with E-state index in [4.69, 9.17) is 9.47 Å². The summed E-state index contributed by atoms with van der Waals surface area (Å²) in [6, 6.07) is 6.00. The summed E-state index contributed by atoms with van der Waals surface area (Å²) in [6.45, 7) is 2.52. The second-order valence-electron chi connectivity index (χ2n) is 6.88. The van der Waals surface area contributed by atoms with E-state index in [1.54, 1.807) is 0 Å². The summed E-state index contributed by atoms with van der Waals surface area (Å²) in [7, 11) is 1.44. The summed E-state index contributed by atoms with van der Waals surface area (Å²) in [6.07, 6.45) is 3.48. The number of methoxy groups -OCH3 is 1. The Bertz CT molecular complexity index is 657. The lowest BCUT2D eigenvalue weighted by Gasteiger charge is -2.36. The number of rotatable bonds is 4. The molecule has 130 valence electrons. The van der Waals surface area contributed by atoms with Gasteiger partial charge in [-0.05, 0) is 31.7 Å². The van der Waals surface area contributed by atoms with Gasteiger partial charge in [0.1, 0.15) is 5.75 Å². The van der Waals surface area contributed by atoms with Gasteiger partial charge in [-0.25, -0.2) is 0 Å². The fraction of sp³-hybridized carbons (Fsp3) is 0.579. The molecule has 3 rings (SSSR count). The average molecular weight is 395 g/mol. The molecule has 0 amide bonds. The van der Waals surface area contributed by atoms with Crippen LogP contribution in [0.25, 0.3) is 0 Å². The molecule has 1 fully saturated rings. The van der Waals surface area contributed by atoms with Crippen molar-refractivity contribution in [2.45, 2.75) is 43.9 Å². The summed E-state index contributed by atoms with van der Waals surface area (Å²) >= 11 is 3.31. The fourth-order valence-electron chi connectivity index (χ4n) is 4.14. The minimum Gasteiger partial charge on any atom is -0.493 e. The molecule has 0 bridgehead atoms. The van der Waals surface area contributed by atoms with Crippen molar-refractivity contribution in [1.82, 2.24) is 0 Å². The normalized spacial score (nSPS) is 28.8. The van der Waals surface area contributed by atoms with E-state index in [2.05, 4.69) is 15.9 Å². The van der Waals surface area contributed by atoms with Crippen molar-refractivity contribution in [3.05, 3.63) is 29.3 Å². The Hall–Kier alpha value is -1.36. The van der Waals surface area contributed by atoms with E-state index in [0.29, 0.717) is 18.4 Å². The molecule has 5 heteroatoms. The van der Waals surface area contributed by atoms with Crippen LogP contribution in [0.3, 0.4) is 0 Å². The van der Waals surface area contributed by atoms with Crippen LogP contribution in [-0.2, 0) is 19.7 Å². The van der Waals surface area contributed by atoms with E-state index < -0.39 is 5.41 Å². The lowest BCUT2D eigenvalue weighted by atomic mass is 9.73. The minimum absolute atomic E-state index is 0.105. The number of hydrogen-bond acceptors (Lipinski definition) is 4. The Kier molecular flexibility index (Phi) is 5.00. The maximum absolute atomic E-state index is 12.5. The van der Waals surface area contributed by atoms with Crippen molar-refractivity contribution in [3.63, 3.8) is 0 Å². The highest BCUT2D eigenvalue weighted by Crippen LogP contribution is 2.49. The quantitative estimate of drug-likeness (QED) is 0.576. The first kappa shape index (κ1) is 17.5. The molecule has 1 aromatic carbocycles. The lowest BCUT2D eigenvalue weighted by molar-refractivity contribution is -0.145. The number of Topliss-reactive ketones (excluding diaryl/α,β-unsaturated/α-hetero) is 1. The molecule has 0 N–H and O–H groups in total. The van der Waals surface area contributed by atoms with E-state index in [1.165, 1.54) is 7.11 Å². The Morgan fingerprint density at radius 2 is 2.17 bits per heavy atom. The standard InChI is InChI=1S/C19H23BrO4/c1-19(16(21)11-20)9-10-24-17-13(6-4-8-15(17)19)12-5-3-7-14(12)18(22)23-2/h4,6,8,12,14H,3,5,7,9-11H2,1-2H3. The molecule has 0 saturated heterocycles. The van der Waals surface area contributed by atoms with Crippen molar-refractivity contribution in [3.8, 4) is 5.75 Å². The molecule has 0 radical (unpaired) electrons. The Labute approximate surface area is 151 Å². The summed E-state index contributed by atoms with van der Waals surface area (Å²) in [5, 5.41) is 0.335. The van der Waals surface area contributed by atoms with Crippen molar-refractivity contribution in [2.75, 3.05) is 19.0 Å². The lowest BCUT2D eigenvalue weighted by Crippen LogP contribution is -2.39. The summed E-state index contributed by atoms with van der Waals surface area (Å²) in [5.41, 5.74) is 1.46. The van der Waals surface area contributed by atoms with Crippen molar-refractivity contribution in [2.24, 2.45) is 5.92 Å². The average Bonchev–Trinajstić information content (AvgIpc) is 3.09. The highest BCUT2D eigenvalue weighted by molar-refractivity contribution is 9.09. The smallest absolute Gasteiger partial charge is 0.309 e. The van der Waals surface area contributed by atoms with Crippen LogP contribution in [0.1, 0.15) is 49.7 Å². The SMILES string of the molecule is COC(=O)C1CCCC1c1cccc2c1OCCC2(C)C(=O)CBr. The van der Waals surface area contributed by atoms with Gasteiger partial charge in [-0.3, -0.25) is 9.59 Å². The molecular formula is C19H23BrO4. The van der Waals surface area contributed by atoms with Gasteiger partial charge in [-0.15, -0.1) is 0 Å². The highest BCUT2D eigenvalue weighted by Gasteiger charge is 2.43. The molecule has 0 aromatic heterocycles. The van der Waals surface area contributed by atoms with Gasteiger partial charge < -0.3 is 9.47 Å². The molecule has 4 nitrogen and oxygen atoms in total. The first-order chi connectivity index (χ1) is 11.5. The summed E-state index contributed by atoms with van der Waals surface area (Å²) < 4.78 is 11.0. The first-order valence-electron chi connectivity index (χ1n) is 8.46. The van der Waals surface area contributed by atoms with Crippen molar-refractivity contribution < 1.29 is 19.1 Å². The monoisotopic (exact) mass is 394 g/mol. The highest BCUT2D eigenvalue weighted by atomic mass is 79.9. The van der Waals surface area contributed by atoms with Crippen LogP contribution in [0.2, 0.25) is 0 Å². The number of hydrogen-bond donors (Lipinski definition) is 0. The van der Waals surface area contributed by atoms with E-state index in [0.717, 1.165) is 36.1 Å². The van der Waals surface area contributed by atoms with Crippen LogP contribution >= 0.6 is 15.9 Å². The molecule has 24 heavy (non-hydrogen) atoms. The van der Waals surface area contributed by atoms with Crippen molar-refractivity contribution in [1.29, 1.82) is 0 Å². The number of fused-ring (bicyclic) bond motifs is 1. The molecule has 1 aliphatic carbocycles. The number of alkyl halides is 1. The molecule has 1 aromatic rings. The zero-order chi connectivity index (χ0) is 17.3. The topological polar surface area (TPSA) is 52.6 Å². The van der Waals surface area contributed by atoms with Gasteiger partial charge in [-0.1, -0.05) is 40.5 Å². The third-order valence-electron chi connectivity index (χ3n) is 5.64. The van der Waals surface area contributed by atoms with Crippen molar-refractivity contribution >= 4 is 27.7 Å². The van der Waals surface area contributed by atoms with Gasteiger partial charge in [0, 0.05) is 11.5 Å². The third kappa shape index (κ3) is 2.77. The number of ketones is 1. The predicted octanol–water partition coefficient (Wildman–Crippen LogP) is 3.75. The van der Waals surface area contributed by atoms with Crippen LogP contribution in [0.5, 0.6) is 5.75 Å². The molecule has 1 aliphatic heterocycles. The number of carbonyl (C=O) groups excluding carboxylic acids is 2. The van der Waals surface area contributed by atoms with Crippen LogP contribution in [0.4, 0.5) is 0 Å². The van der Waals surface area contributed by atoms with E-state index in [1.807, 2.05) is 25.1 Å². The van der Waals surface area contributed by atoms with Gasteiger partial charge in [0.05, 0.1) is 30.4 Å². The molecule has 1 saturated carbocycles. The van der Waals surface area contributed by atoms with Crippen LogP contribution in [-0.4, -0.2) is 30.8 Å². The second-order valence-corrected chi connectivity index (χ2v) is 7.44. The Morgan fingerprint density at radius 1 is 1.38 bits per heavy atom. The molecule has 3 unspecified atom stereocenters. The summed E-state index contributed by atoms with van der Waals surface area (Å²) in [4.78, 5) is 24.7.